The molecule has 0 bridgehead atoms. The van der Waals surface area contributed by atoms with E-state index in [1.54, 1.807) is 11.2 Å². The van der Waals surface area contributed by atoms with Gasteiger partial charge < -0.3 is 30.2 Å². The molecule has 210 valence electrons. The Morgan fingerprint density at radius 2 is 1.97 bits per heavy atom. The lowest BCUT2D eigenvalue weighted by Gasteiger charge is -2.63. The summed E-state index contributed by atoms with van der Waals surface area (Å²) in [4.78, 5) is 26.4. The van der Waals surface area contributed by atoms with Gasteiger partial charge in [-0.2, -0.15) is 0 Å². The maximum atomic E-state index is 13.1. The van der Waals surface area contributed by atoms with E-state index in [-0.39, 0.29) is 47.1 Å². The third-order valence-electron chi connectivity index (χ3n) is 12.1. The number of piperazine rings is 1. The molecule has 1 aliphatic heterocycles. The first-order chi connectivity index (χ1) is 18.2. The highest BCUT2D eigenvalue weighted by Crippen LogP contribution is 2.70. The highest BCUT2D eigenvalue weighted by molar-refractivity contribution is 5.75. The van der Waals surface area contributed by atoms with Crippen molar-refractivity contribution in [3.63, 3.8) is 0 Å². The molecule has 1 saturated heterocycles. The van der Waals surface area contributed by atoms with Crippen molar-refractivity contribution in [3.8, 4) is 0 Å². The fraction of sp³-hybridized carbons (Fsp3) is 0.800. The van der Waals surface area contributed by atoms with E-state index in [1.807, 2.05) is 6.07 Å². The molecule has 9 atom stereocenters. The molecule has 2 heterocycles. The lowest BCUT2D eigenvalue weighted by Crippen LogP contribution is -2.63. The van der Waals surface area contributed by atoms with Gasteiger partial charge in [-0.15, -0.1) is 0 Å². The maximum Gasteiger partial charge on any atom is 0.335 e. The summed E-state index contributed by atoms with van der Waals surface area (Å²) in [5, 5.41) is 28.7. The smallest absolute Gasteiger partial charge is 0.335 e. The molecule has 0 aromatic carbocycles. The van der Waals surface area contributed by atoms with E-state index in [0.717, 1.165) is 69.9 Å². The predicted octanol–water partition coefficient (Wildman–Crippen LogP) is 3.23. The van der Waals surface area contributed by atoms with Crippen molar-refractivity contribution in [3.05, 3.63) is 34.4 Å². The second kappa shape index (κ2) is 9.63. The van der Waals surface area contributed by atoms with Crippen LogP contribution >= 0.6 is 0 Å². The summed E-state index contributed by atoms with van der Waals surface area (Å²) in [6, 6.07) is 3.39. The first-order valence-corrected chi connectivity index (χ1v) is 14.9. The number of carbonyl (C=O) groups is 1. The van der Waals surface area contributed by atoms with Gasteiger partial charge in [0.1, 0.15) is 0 Å². The van der Waals surface area contributed by atoms with E-state index in [4.69, 9.17) is 4.42 Å². The van der Waals surface area contributed by atoms with Crippen molar-refractivity contribution in [2.45, 2.75) is 95.2 Å². The summed E-state index contributed by atoms with van der Waals surface area (Å²) in [7, 11) is 0. The molecule has 0 spiro atoms. The third-order valence-corrected chi connectivity index (χ3v) is 12.1. The van der Waals surface area contributed by atoms with Crippen LogP contribution in [0.1, 0.15) is 83.1 Å². The Hall–Kier alpha value is -1.90. The molecule has 4 aliphatic carbocycles. The number of rotatable bonds is 3. The molecule has 4 saturated carbocycles. The number of amides is 2. The van der Waals surface area contributed by atoms with Crippen molar-refractivity contribution in [2.24, 2.45) is 28.6 Å². The number of hydrogen-bond acceptors (Lipinski definition) is 6. The van der Waals surface area contributed by atoms with Crippen molar-refractivity contribution >= 4 is 6.03 Å². The van der Waals surface area contributed by atoms with Crippen molar-refractivity contribution in [1.29, 1.82) is 0 Å². The average molecular weight is 528 g/mol. The summed E-state index contributed by atoms with van der Waals surface area (Å²) >= 11 is 0. The summed E-state index contributed by atoms with van der Waals surface area (Å²) in [5.74, 6) is 1.55. The number of nitrogens with zero attached hydrogens (tertiary/aromatic N) is 1. The molecule has 0 unspecified atom stereocenters. The molecule has 1 aromatic rings. The Morgan fingerprint density at radius 3 is 2.74 bits per heavy atom. The molecule has 2 amide bonds. The summed E-state index contributed by atoms with van der Waals surface area (Å²) in [6.07, 6.45) is 10.7. The average Bonchev–Trinajstić information content (AvgIpc) is 3.20. The fourth-order valence-corrected chi connectivity index (χ4v) is 9.91. The number of fused-ring (bicyclic) bond motifs is 5. The van der Waals surface area contributed by atoms with E-state index in [1.165, 1.54) is 6.07 Å². The van der Waals surface area contributed by atoms with Crippen LogP contribution in [-0.4, -0.2) is 65.1 Å². The van der Waals surface area contributed by atoms with Crippen LogP contribution < -0.4 is 16.3 Å². The van der Waals surface area contributed by atoms with Gasteiger partial charge in [0.2, 0.25) is 0 Å². The van der Waals surface area contributed by atoms with Crippen LogP contribution in [0.15, 0.2) is 27.6 Å². The van der Waals surface area contributed by atoms with Gasteiger partial charge in [0.05, 0.1) is 24.5 Å². The quantitative estimate of drug-likeness (QED) is 0.480. The normalized spacial score (nSPS) is 44.6. The van der Waals surface area contributed by atoms with Gasteiger partial charge in [-0.25, -0.2) is 9.59 Å². The van der Waals surface area contributed by atoms with Gasteiger partial charge in [-0.3, -0.25) is 0 Å². The minimum atomic E-state index is -0.697. The van der Waals surface area contributed by atoms with Crippen LogP contribution in [0.2, 0.25) is 0 Å². The second-order valence-corrected chi connectivity index (χ2v) is 13.5. The van der Waals surface area contributed by atoms with Crippen LogP contribution in [0.25, 0.3) is 0 Å². The van der Waals surface area contributed by atoms with E-state index >= 15 is 0 Å². The molecule has 6 rings (SSSR count). The maximum absolute atomic E-state index is 13.1. The number of urea groups is 1. The van der Waals surface area contributed by atoms with Gasteiger partial charge >= 0.3 is 11.7 Å². The standard InChI is InChI=1S/C30H45N3O5/c1-28-10-7-21(32-27(36)33-14-13-31-16-22(33)17-34)15-20(28)4-5-25-24(28)8-11-29(2)23(9-12-30(25,29)37)19-3-6-26(35)38-18-19/h3,6,18,20-25,31,34,37H,4-5,7-17H2,1-2H3,(H,32,36)/t20-,21+,22-,23-,24+,25-,28+,29-,30+/m1/s1. The van der Waals surface area contributed by atoms with Crippen LogP contribution in [0.3, 0.4) is 0 Å². The SMILES string of the molecule is C[C@]12CC[C@H](NC(=O)N3CCNC[C@@H]3CO)C[C@H]1CC[C@@H]1[C@@H]2CC[C@]2(C)[C@@H](c3ccc(=O)oc3)CC[C@]12O. The highest BCUT2D eigenvalue weighted by Gasteiger charge is 2.67. The molecule has 38 heavy (non-hydrogen) atoms. The minimum Gasteiger partial charge on any atom is -0.431 e. The molecule has 0 radical (unpaired) electrons. The first-order valence-electron chi connectivity index (χ1n) is 14.9. The van der Waals surface area contributed by atoms with Gasteiger partial charge in [-0.1, -0.05) is 13.8 Å². The Kier molecular flexibility index (Phi) is 6.67. The molecular formula is C30H45N3O5. The van der Waals surface area contributed by atoms with Crippen LogP contribution in [-0.2, 0) is 0 Å². The van der Waals surface area contributed by atoms with Gasteiger partial charge in [0.25, 0.3) is 0 Å². The summed E-state index contributed by atoms with van der Waals surface area (Å²) in [5.41, 5.74) is -0.00550. The van der Waals surface area contributed by atoms with Crippen molar-refractivity contribution in [1.82, 2.24) is 15.5 Å². The fourth-order valence-electron chi connectivity index (χ4n) is 9.91. The highest BCUT2D eigenvalue weighted by atomic mass is 16.4. The molecule has 4 N–H and O–H groups in total. The van der Waals surface area contributed by atoms with Crippen LogP contribution in [0, 0.1) is 28.6 Å². The molecule has 1 aromatic heterocycles. The van der Waals surface area contributed by atoms with E-state index < -0.39 is 5.60 Å². The molecule has 8 nitrogen and oxygen atoms in total. The number of carbonyl (C=O) groups excluding carboxylic acids is 1. The summed E-state index contributed by atoms with van der Waals surface area (Å²) in [6.45, 7) is 6.76. The molecule has 5 aliphatic rings. The number of aliphatic hydroxyl groups is 2. The van der Waals surface area contributed by atoms with E-state index in [9.17, 15) is 19.8 Å². The Morgan fingerprint density at radius 1 is 1.13 bits per heavy atom. The van der Waals surface area contributed by atoms with E-state index in [2.05, 4.69) is 24.5 Å². The Balaban J connectivity index is 1.16. The summed E-state index contributed by atoms with van der Waals surface area (Å²) < 4.78 is 5.22. The first kappa shape index (κ1) is 26.3. The third kappa shape index (κ3) is 3.96. The zero-order valence-corrected chi connectivity index (χ0v) is 23.0. The zero-order chi connectivity index (χ0) is 26.7. The molecule has 5 fully saturated rings. The molecule has 8 heteroatoms. The van der Waals surface area contributed by atoms with E-state index in [0.29, 0.717) is 30.8 Å². The van der Waals surface area contributed by atoms with Crippen molar-refractivity contribution in [2.75, 3.05) is 26.2 Å². The van der Waals surface area contributed by atoms with Gasteiger partial charge in [0, 0.05) is 37.2 Å². The Bertz CT molecular complexity index is 1090. The number of hydrogen-bond donors (Lipinski definition) is 4. The number of aliphatic hydroxyl groups excluding tert-OH is 1. The van der Waals surface area contributed by atoms with Crippen LogP contribution in [0.4, 0.5) is 4.79 Å². The molecular weight excluding hydrogens is 482 g/mol. The lowest BCUT2D eigenvalue weighted by atomic mass is 9.43. The monoisotopic (exact) mass is 527 g/mol. The minimum absolute atomic E-state index is 0.0176. The largest absolute Gasteiger partial charge is 0.431 e. The second-order valence-electron chi connectivity index (χ2n) is 13.5. The predicted molar refractivity (Wildman–Crippen MR) is 144 cm³/mol. The van der Waals surface area contributed by atoms with Gasteiger partial charge in [-0.05, 0) is 98.5 Å². The van der Waals surface area contributed by atoms with Crippen molar-refractivity contribution < 1.29 is 19.4 Å². The topological polar surface area (TPSA) is 115 Å². The Labute approximate surface area is 225 Å². The zero-order valence-electron chi connectivity index (χ0n) is 23.0. The lowest BCUT2D eigenvalue weighted by molar-refractivity contribution is -0.201. The van der Waals surface area contributed by atoms with Gasteiger partial charge in [0.15, 0.2) is 0 Å². The van der Waals surface area contributed by atoms with Crippen LogP contribution in [0.5, 0.6) is 0 Å². The number of nitrogens with one attached hydrogen (secondary N) is 2.